The molecular formula is C19H23N3O2S2. The third-order valence-corrected chi connectivity index (χ3v) is 5.39. The van der Waals surface area contributed by atoms with E-state index in [0.29, 0.717) is 16.1 Å². The highest BCUT2D eigenvalue weighted by Gasteiger charge is 2.27. The summed E-state index contributed by atoms with van der Waals surface area (Å²) < 4.78 is 1.61. The molecule has 26 heavy (non-hydrogen) atoms. The molecule has 2 N–H and O–H groups in total. The number of H-pyrrole nitrogens is 1. The number of hydrogen-bond donors (Lipinski definition) is 2. The average molecular weight is 390 g/mol. The van der Waals surface area contributed by atoms with Crippen molar-refractivity contribution in [2.24, 2.45) is 5.92 Å². The van der Waals surface area contributed by atoms with Crippen LogP contribution in [-0.4, -0.2) is 22.0 Å². The molecule has 1 unspecified atom stereocenters. The van der Waals surface area contributed by atoms with Gasteiger partial charge in [-0.3, -0.25) is 4.79 Å². The van der Waals surface area contributed by atoms with E-state index >= 15 is 0 Å². The van der Waals surface area contributed by atoms with Crippen LogP contribution < -0.4 is 4.90 Å². The zero-order valence-corrected chi connectivity index (χ0v) is 17.0. The zero-order chi connectivity index (χ0) is 19.4. The van der Waals surface area contributed by atoms with Crippen LogP contribution in [0.4, 0.5) is 5.69 Å². The maximum Gasteiger partial charge on any atom is 0.272 e. The van der Waals surface area contributed by atoms with Gasteiger partial charge in [0.15, 0.2) is 9.53 Å². The first kappa shape index (κ1) is 20.1. The van der Waals surface area contributed by atoms with Crippen LogP contribution in [0.15, 0.2) is 29.5 Å². The molecule has 0 spiro atoms. The second kappa shape index (κ2) is 8.47. The van der Waals surface area contributed by atoms with Gasteiger partial charge in [-0.05, 0) is 50.7 Å². The molecule has 0 radical (unpaired) electrons. The third-order valence-electron chi connectivity index (χ3n) is 4.19. The molecular weight excluding hydrogens is 366 g/mol. The minimum absolute atomic E-state index is 0.136. The van der Waals surface area contributed by atoms with Crippen LogP contribution in [0.3, 0.4) is 0 Å². The Labute approximate surface area is 162 Å². The molecule has 5 nitrogen and oxygen atoms in total. The van der Waals surface area contributed by atoms with Gasteiger partial charge in [0.25, 0.3) is 5.91 Å². The molecule has 1 amide bonds. The number of carbonyl (C=O) groups is 1. The number of aliphatic hydroxyl groups is 1. The predicted molar refractivity (Wildman–Crippen MR) is 109 cm³/mol. The van der Waals surface area contributed by atoms with Gasteiger partial charge in [-0.25, -0.2) is 0 Å². The molecule has 1 heterocycles. The van der Waals surface area contributed by atoms with Crippen LogP contribution in [0.5, 0.6) is 0 Å². The lowest BCUT2D eigenvalue weighted by Gasteiger charge is -2.27. The maximum atomic E-state index is 13.1. The molecule has 0 bridgehead atoms. The highest BCUT2D eigenvalue weighted by Crippen LogP contribution is 2.28. The number of nitrogens with one attached hydrogen (secondary N) is 1. The van der Waals surface area contributed by atoms with Crippen LogP contribution in [0.2, 0.25) is 0 Å². The summed E-state index contributed by atoms with van der Waals surface area (Å²) in [5.74, 6) is -0.852. The number of nitriles is 1. The van der Waals surface area contributed by atoms with Gasteiger partial charge >= 0.3 is 0 Å². The molecule has 0 fully saturated rings. The van der Waals surface area contributed by atoms with Crippen molar-refractivity contribution in [3.8, 4) is 6.07 Å². The maximum absolute atomic E-state index is 13.1. The fourth-order valence-corrected chi connectivity index (χ4v) is 4.03. The highest BCUT2D eigenvalue weighted by molar-refractivity contribution is 7.73. The normalized spacial score (nSPS) is 13.4. The largest absolute Gasteiger partial charge is 0.510 e. The minimum atomic E-state index is -0.485. The molecule has 7 heteroatoms. The Morgan fingerprint density at radius 1 is 1.42 bits per heavy atom. The predicted octanol–water partition coefficient (Wildman–Crippen LogP) is 5.47. The number of thiazole rings is 1. The van der Waals surface area contributed by atoms with Gasteiger partial charge in [-0.2, -0.15) is 5.26 Å². The Morgan fingerprint density at radius 3 is 2.69 bits per heavy atom. The summed E-state index contributed by atoms with van der Waals surface area (Å²) in [4.78, 5) is 17.7. The summed E-state index contributed by atoms with van der Waals surface area (Å²) >= 11 is 6.61. The fraction of sp³-hybridized carbons (Fsp3) is 0.421. The lowest BCUT2D eigenvalue weighted by molar-refractivity contribution is -0.115. The molecule has 2 rings (SSSR count). The summed E-state index contributed by atoms with van der Waals surface area (Å²) in [5, 5.41) is 19.9. The van der Waals surface area contributed by atoms with Gasteiger partial charge in [-0.15, -0.1) is 11.3 Å². The quantitative estimate of drug-likeness (QED) is 0.297. The van der Waals surface area contributed by atoms with Crippen molar-refractivity contribution in [2.45, 2.75) is 46.6 Å². The highest BCUT2D eigenvalue weighted by atomic mass is 32.1. The average Bonchev–Trinajstić information content (AvgIpc) is 2.94. The van der Waals surface area contributed by atoms with Crippen LogP contribution in [-0.2, 0) is 4.79 Å². The van der Waals surface area contributed by atoms with Gasteiger partial charge in [-0.1, -0.05) is 20.3 Å². The minimum Gasteiger partial charge on any atom is -0.510 e. The lowest BCUT2D eigenvalue weighted by atomic mass is 9.99. The first-order valence-corrected chi connectivity index (χ1v) is 9.82. The SMILES string of the molecule is CCCC(C)/C(O)=C(\C#N)C(=O)N(c1ccc2[nH]c(=S)sc2c1)C(C)C. The van der Waals surface area contributed by atoms with E-state index < -0.39 is 5.91 Å². The topological polar surface area (TPSA) is 80.1 Å². The summed E-state index contributed by atoms with van der Waals surface area (Å²) in [7, 11) is 0. The van der Waals surface area contributed by atoms with Crippen molar-refractivity contribution in [1.82, 2.24) is 4.98 Å². The third kappa shape index (κ3) is 4.14. The molecule has 0 saturated heterocycles. The number of amides is 1. The van der Waals surface area contributed by atoms with Gasteiger partial charge in [0, 0.05) is 17.6 Å². The second-order valence-electron chi connectivity index (χ2n) is 6.53. The molecule has 138 valence electrons. The van der Waals surface area contributed by atoms with Crippen LogP contribution in [0, 0.1) is 21.2 Å². The molecule has 0 aliphatic rings. The van der Waals surface area contributed by atoms with E-state index in [2.05, 4.69) is 4.98 Å². The zero-order valence-electron chi connectivity index (χ0n) is 15.4. The molecule has 1 atom stereocenters. The number of fused-ring (bicyclic) bond motifs is 1. The smallest absolute Gasteiger partial charge is 0.272 e. The van der Waals surface area contributed by atoms with E-state index in [-0.39, 0.29) is 23.3 Å². The molecule has 1 aromatic carbocycles. The number of nitrogens with zero attached hydrogens (tertiary/aromatic N) is 2. The Morgan fingerprint density at radius 2 is 2.12 bits per heavy atom. The van der Waals surface area contributed by atoms with Crippen LogP contribution in [0.1, 0.15) is 40.5 Å². The number of anilines is 1. The number of carbonyl (C=O) groups excluding carboxylic acids is 1. The number of aromatic amines is 1. The summed E-state index contributed by atoms with van der Waals surface area (Å²) in [6, 6.07) is 7.30. The van der Waals surface area contributed by atoms with Crippen molar-refractivity contribution >= 4 is 45.4 Å². The van der Waals surface area contributed by atoms with E-state index in [0.717, 1.165) is 16.6 Å². The summed E-state index contributed by atoms with van der Waals surface area (Å²) in [6.07, 6.45) is 1.57. The molecule has 0 saturated carbocycles. The van der Waals surface area contributed by atoms with Gasteiger partial charge in [0.1, 0.15) is 11.8 Å². The number of rotatable bonds is 6. The number of benzene rings is 1. The van der Waals surface area contributed by atoms with Crippen molar-refractivity contribution in [2.75, 3.05) is 4.90 Å². The first-order valence-electron chi connectivity index (χ1n) is 8.59. The Kier molecular flexibility index (Phi) is 6.57. The van der Waals surface area contributed by atoms with Crippen molar-refractivity contribution in [1.29, 1.82) is 5.26 Å². The Bertz CT molecular complexity index is 934. The van der Waals surface area contributed by atoms with E-state index in [1.807, 2.05) is 52.0 Å². The Hall–Kier alpha value is -2.17. The first-order chi connectivity index (χ1) is 12.3. The molecule has 0 aliphatic carbocycles. The second-order valence-corrected chi connectivity index (χ2v) is 8.24. The van der Waals surface area contributed by atoms with E-state index in [1.165, 1.54) is 16.2 Å². The number of allylic oxidation sites excluding steroid dienone is 1. The van der Waals surface area contributed by atoms with Crippen LogP contribution >= 0.6 is 23.6 Å². The van der Waals surface area contributed by atoms with Crippen molar-refractivity contribution in [3.63, 3.8) is 0 Å². The number of aromatic nitrogens is 1. The standard InChI is InChI=1S/C19H23N3O2S2/c1-5-6-12(4)17(23)14(10-20)18(24)22(11(2)3)13-7-8-15-16(9-13)26-19(25)21-15/h7-9,11-12,23H,5-6H2,1-4H3,(H,21,25)/b17-14-. The van der Waals surface area contributed by atoms with Crippen LogP contribution in [0.25, 0.3) is 10.2 Å². The molecule has 2 aromatic rings. The van der Waals surface area contributed by atoms with Gasteiger partial charge in [0.2, 0.25) is 0 Å². The van der Waals surface area contributed by atoms with Gasteiger partial charge in [0.05, 0.1) is 10.2 Å². The van der Waals surface area contributed by atoms with Crippen molar-refractivity contribution < 1.29 is 9.90 Å². The van der Waals surface area contributed by atoms with Gasteiger partial charge < -0.3 is 15.0 Å². The van der Waals surface area contributed by atoms with Crippen molar-refractivity contribution in [3.05, 3.63) is 33.5 Å². The van der Waals surface area contributed by atoms with E-state index in [1.54, 1.807) is 0 Å². The molecule has 1 aromatic heterocycles. The fourth-order valence-electron chi connectivity index (χ4n) is 2.89. The lowest BCUT2D eigenvalue weighted by Crippen LogP contribution is -2.38. The number of hydrogen-bond acceptors (Lipinski definition) is 5. The molecule has 0 aliphatic heterocycles. The Balaban J connectivity index is 2.50. The number of aliphatic hydroxyl groups excluding tert-OH is 1. The summed E-state index contributed by atoms with van der Waals surface area (Å²) in [6.45, 7) is 7.58. The van der Waals surface area contributed by atoms with E-state index in [9.17, 15) is 15.2 Å². The summed E-state index contributed by atoms with van der Waals surface area (Å²) in [5.41, 5.74) is 1.39. The monoisotopic (exact) mass is 389 g/mol. The van der Waals surface area contributed by atoms with E-state index in [4.69, 9.17) is 12.2 Å².